The van der Waals surface area contributed by atoms with Crippen LogP contribution in [0.4, 0.5) is 5.69 Å². The van der Waals surface area contributed by atoms with Gasteiger partial charge >= 0.3 is 5.97 Å². The zero-order valence-electron chi connectivity index (χ0n) is 12.7. The molecule has 0 aliphatic rings. The Morgan fingerprint density at radius 1 is 1.14 bits per heavy atom. The van der Waals surface area contributed by atoms with E-state index in [1.54, 1.807) is 0 Å². The molecule has 21 heavy (non-hydrogen) atoms. The maximum Gasteiger partial charge on any atom is 0.328 e. The van der Waals surface area contributed by atoms with Crippen molar-refractivity contribution in [1.82, 2.24) is 0 Å². The van der Waals surface area contributed by atoms with E-state index in [4.69, 9.17) is 4.74 Å². The van der Waals surface area contributed by atoms with Gasteiger partial charge in [0.1, 0.15) is 6.04 Å². The molecule has 0 saturated carbocycles. The first-order valence-electron chi connectivity index (χ1n) is 7.05. The average molecular weight is 283 g/mol. The standard InChI is InChI=1S/C18H21NO2/c1-13-9-10-14(2)16(11-13)19-17(18(20)21-3)12-15-7-5-4-6-8-15/h4-11,17,19H,12H2,1-3H3. The fraction of sp³-hybridized carbons (Fsp3) is 0.278. The van der Waals surface area contributed by atoms with Crippen molar-refractivity contribution >= 4 is 11.7 Å². The summed E-state index contributed by atoms with van der Waals surface area (Å²) >= 11 is 0. The van der Waals surface area contributed by atoms with Crippen LogP contribution in [-0.2, 0) is 16.0 Å². The summed E-state index contributed by atoms with van der Waals surface area (Å²) in [5, 5.41) is 3.31. The number of methoxy groups -OCH3 is 1. The van der Waals surface area contributed by atoms with Gasteiger partial charge in [0.15, 0.2) is 0 Å². The third-order valence-corrected chi connectivity index (χ3v) is 3.49. The van der Waals surface area contributed by atoms with Crippen molar-refractivity contribution < 1.29 is 9.53 Å². The number of benzene rings is 2. The van der Waals surface area contributed by atoms with Gasteiger partial charge in [0.2, 0.25) is 0 Å². The molecule has 0 fully saturated rings. The number of nitrogens with one attached hydrogen (secondary N) is 1. The number of ether oxygens (including phenoxy) is 1. The van der Waals surface area contributed by atoms with Crippen LogP contribution in [-0.4, -0.2) is 19.1 Å². The first-order valence-corrected chi connectivity index (χ1v) is 7.05. The number of anilines is 1. The van der Waals surface area contributed by atoms with Gasteiger partial charge in [0, 0.05) is 12.1 Å². The van der Waals surface area contributed by atoms with Crippen LogP contribution in [0.25, 0.3) is 0 Å². The Morgan fingerprint density at radius 2 is 1.86 bits per heavy atom. The van der Waals surface area contributed by atoms with E-state index in [2.05, 4.69) is 23.5 Å². The van der Waals surface area contributed by atoms with E-state index < -0.39 is 6.04 Å². The molecule has 2 aromatic rings. The van der Waals surface area contributed by atoms with E-state index in [1.165, 1.54) is 7.11 Å². The van der Waals surface area contributed by atoms with Crippen molar-refractivity contribution in [1.29, 1.82) is 0 Å². The molecule has 2 aromatic carbocycles. The first-order chi connectivity index (χ1) is 10.1. The van der Waals surface area contributed by atoms with Crippen molar-refractivity contribution in [2.75, 3.05) is 12.4 Å². The van der Waals surface area contributed by atoms with E-state index in [1.807, 2.05) is 44.2 Å². The molecule has 0 aliphatic carbocycles. The van der Waals surface area contributed by atoms with Crippen LogP contribution in [0.2, 0.25) is 0 Å². The van der Waals surface area contributed by atoms with Gasteiger partial charge in [-0.15, -0.1) is 0 Å². The Bertz CT molecular complexity index is 608. The molecule has 3 heteroatoms. The molecule has 0 aliphatic heterocycles. The molecular weight excluding hydrogens is 262 g/mol. The lowest BCUT2D eigenvalue weighted by Gasteiger charge is -2.19. The van der Waals surface area contributed by atoms with Gasteiger partial charge in [-0.2, -0.15) is 0 Å². The molecule has 0 heterocycles. The summed E-state index contributed by atoms with van der Waals surface area (Å²) in [5.74, 6) is -0.250. The van der Waals surface area contributed by atoms with E-state index in [9.17, 15) is 4.79 Å². The molecular formula is C18H21NO2. The summed E-state index contributed by atoms with van der Waals surface area (Å²) < 4.78 is 4.93. The average Bonchev–Trinajstić information content (AvgIpc) is 2.50. The Morgan fingerprint density at radius 3 is 2.52 bits per heavy atom. The number of hydrogen-bond donors (Lipinski definition) is 1. The third kappa shape index (κ3) is 4.09. The van der Waals surface area contributed by atoms with Gasteiger partial charge in [0.25, 0.3) is 0 Å². The maximum absolute atomic E-state index is 12.0. The highest BCUT2D eigenvalue weighted by Crippen LogP contribution is 2.19. The van der Waals surface area contributed by atoms with Crippen LogP contribution in [0.1, 0.15) is 16.7 Å². The van der Waals surface area contributed by atoms with E-state index in [-0.39, 0.29) is 5.97 Å². The molecule has 1 atom stereocenters. The predicted octanol–water partition coefficient (Wildman–Crippen LogP) is 3.50. The summed E-state index contributed by atoms with van der Waals surface area (Å²) in [6.45, 7) is 4.06. The minimum atomic E-state index is -0.391. The van der Waals surface area contributed by atoms with Crippen molar-refractivity contribution in [3.8, 4) is 0 Å². The molecule has 1 N–H and O–H groups in total. The second kappa shape index (κ2) is 6.93. The van der Waals surface area contributed by atoms with Gasteiger partial charge in [-0.1, -0.05) is 42.5 Å². The van der Waals surface area contributed by atoms with Crippen LogP contribution in [0.3, 0.4) is 0 Å². The number of carbonyl (C=O) groups is 1. The zero-order chi connectivity index (χ0) is 15.2. The fourth-order valence-electron chi connectivity index (χ4n) is 2.26. The summed E-state index contributed by atoms with van der Waals surface area (Å²) in [7, 11) is 1.42. The number of rotatable bonds is 5. The molecule has 0 aromatic heterocycles. The lowest BCUT2D eigenvalue weighted by Crippen LogP contribution is -2.33. The minimum Gasteiger partial charge on any atom is -0.467 e. The van der Waals surface area contributed by atoms with Crippen LogP contribution < -0.4 is 5.32 Å². The fourth-order valence-corrected chi connectivity index (χ4v) is 2.26. The van der Waals surface area contributed by atoms with Crippen molar-refractivity contribution in [3.05, 3.63) is 65.2 Å². The van der Waals surface area contributed by atoms with Crippen molar-refractivity contribution in [2.24, 2.45) is 0 Å². The van der Waals surface area contributed by atoms with Crippen molar-refractivity contribution in [3.63, 3.8) is 0 Å². The normalized spacial score (nSPS) is 11.8. The van der Waals surface area contributed by atoms with Crippen LogP contribution in [0.5, 0.6) is 0 Å². The molecule has 0 bridgehead atoms. The highest BCUT2D eigenvalue weighted by atomic mass is 16.5. The van der Waals surface area contributed by atoms with Crippen LogP contribution in [0.15, 0.2) is 48.5 Å². The third-order valence-electron chi connectivity index (χ3n) is 3.49. The number of hydrogen-bond acceptors (Lipinski definition) is 3. The van der Waals surface area contributed by atoms with Crippen molar-refractivity contribution in [2.45, 2.75) is 26.3 Å². The molecule has 110 valence electrons. The topological polar surface area (TPSA) is 38.3 Å². The molecule has 1 unspecified atom stereocenters. The first kappa shape index (κ1) is 15.1. The molecule has 2 rings (SSSR count). The van der Waals surface area contributed by atoms with Crippen LogP contribution >= 0.6 is 0 Å². The molecule has 0 saturated heterocycles. The smallest absolute Gasteiger partial charge is 0.328 e. The number of carbonyl (C=O) groups excluding carboxylic acids is 1. The largest absolute Gasteiger partial charge is 0.467 e. The second-order valence-corrected chi connectivity index (χ2v) is 5.23. The summed E-state index contributed by atoms with van der Waals surface area (Å²) in [4.78, 5) is 12.0. The minimum absolute atomic E-state index is 0.250. The SMILES string of the molecule is COC(=O)C(Cc1ccccc1)Nc1cc(C)ccc1C. The van der Waals surface area contributed by atoms with Crippen LogP contribution in [0, 0.1) is 13.8 Å². The maximum atomic E-state index is 12.0. The van der Waals surface area contributed by atoms with Gasteiger partial charge < -0.3 is 10.1 Å². The Labute approximate surface area is 126 Å². The zero-order valence-corrected chi connectivity index (χ0v) is 12.7. The highest BCUT2D eigenvalue weighted by Gasteiger charge is 2.20. The lowest BCUT2D eigenvalue weighted by atomic mass is 10.0. The van der Waals surface area contributed by atoms with E-state index in [0.717, 1.165) is 22.4 Å². The second-order valence-electron chi connectivity index (χ2n) is 5.23. The number of esters is 1. The van der Waals surface area contributed by atoms with E-state index >= 15 is 0 Å². The quantitative estimate of drug-likeness (QED) is 0.854. The number of aryl methyl sites for hydroxylation is 2. The molecule has 0 amide bonds. The lowest BCUT2D eigenvalue weighted by molar-refractivity contribution is -0.141. The highest BCUT2D eigenvalue weighted by molar-refractivity contribution is 5.80. The summed E-state index contributed by atoms with van der Waals surface area (Å²) in [5.41, 5.74) is 4.35. The Balaban J connectivity index is 2.20. The van der Waals surface area contributed by atoms with E-state index in [0.29, 0.717) is 6.42 Å². The molecule has 0 radical (unpaired) electrons. The monoisotopic (exact) mass is 283 g/mol. The summed E-state index contributed by atoms with van der Waals surface area (Å²) in [6.07, 6.45) is 0.598. The molecule has 0 spiro atoms. The van der Waals surface area contributed by atoms with Gasteiger partial charge in [0.05, 0.1) is 7.11 Å². The van der Waals surface area contributed by atoms with Gasteiger partial charge in [-0.25, -0.2) is 4.79 Å². The predicted molar refractivity (Wildman–Crippen MR) is 85.5 cm³/mol. The van der Waals surface area contributed by atoms with Gasteiger partial charge in [-0.3, -0.25) is 0 Å². The van der Waals surface area contributed by atoms with Gasteiger partial charge in [-0.05, 0) is 36.6 Å². The Hall–Kier alpha value is -2.29. The molecule has 3 nitrogen and oxygen atoms in total. The summed E-state index contributed by atoms with van der Waals surface area (Å²) in [6, 6.07) is 15.7. The Kier molecular flexibility index (Phi) is 4.99.